The van der Waals surface area contributed by atoms with Crippen molar-refractivity contribution in [3.8, 4) is 5.75 Å². The van der Waals surface area contributed by atoms with Crippen molar-refractivity contribution in [2.24, 2.45) is 0 Å². The van der Waals surface area contributed by atoms with E-state index < -0.39 is 23.7 Å². The van der Waals surface area contributed by atoms with Gasteiger partial charge in [-0.15, -0.1) is 0 Å². The van der Waals surface area contributed by atoms with Crippen LogP contribution in [0.25, 0.3) is 0 Å². The normalized spacial score (nSPS) is 13.2. The van der Waals surface area contributed by atoms with Gasteiger partial charge in [-0.05, 0) is 60.7 Å². The molecule has 1 atom stereocenters. The number of carboxylic acid groups (broad SMARTS) is 1. The minimum Gasteiger partial charge on any atom is -0.488 e. The number of anilines is 1. The van der Waals surface area contributed by atoms with Crippen molar-refractivity contribution < 1.29 is 23.8 Å². The molecule has 3 N–H and O–H groups in total. The Hall–Kier alpha value is -3.65. The summed E-state index contributed by atoms with van der Waals surface area (Å²) in [5, 5.41) is 15.2. The molecule has 0 spiro atoms. The summed E-state index contributed by atoms with van der Waals surface area (Å²) in [4.78, 5) is 28.8. The van der Waals surface area contributed by atoms with E-state index >= 15 is 0 Å². The molecule has 1 amide bonds. The quantitative estimate of drug-likeness (QED) is 0.408. The lowest BCUT2D eigenvalue weighted by Crippen LogP contribution is -2.42. The van der Waals surface area contributed by atoms with Gasteiger partial charge in [-0.25, -0.2) is 14.2 Å². The molecule has 3 aromatic rings. The molecule has 4 rings (SSSR count). The van der Waals surface area contributed by atoms with Gasteiger partial charge in [0.15, 0.2) is 11.6 Å². The Morgan fingerprint density at radius 2 is 1.89 bits per heavy atom. The summed E-state index contributed by atoms with van der Waals surface area (Å²) in [6.45, 7) is 1.40. The Bertz CT molecular complexity index is 1220. The van der Waals surface area contributed by atoms with E-state index in [2.05, 4.69) is 15.6 Å². The highest BCUT2D eigenvalue weighted by molar-refractivity contribution is 6.33. The van der Waals surface area contributed by atoms with E-state index in [1.54, 1.807) is 0 Å². The van der Waals surface area contributed by atoms with Crippen molar-refractivity contribution in [3.63, 3.8) is 0 Å². The standard InChI is InChI=1S/C26H25ClFN3O4/c27-21-15-18(28)8-10-20(21)25(32)31-22(26(33)34)14-17-6-4-16(5-7-17)2-1-3-19-9-11-23-24(30-19)29-12-13-35-23/h4-11,15,22H,1-3,12-14H2,(H,29,30)(H,31,32)(H,33,34)/t22-/m0/s1. The van der Waals surface area contributed by atoms with Crippen LogP contribution >= 0.6 is 11.6 Å². The maximum atomic E-state index is 13.2. The van der Waals surface area contributed by atoms with E-state index in [9.17, 15) is 19.1 Å². The fraction of sp³-hybridized carbons (Fsp3) is 0.269. The van der Waals surface area contributed by atoms with Crippen LogP contribution < -0.4 is 15.4 Å². The Morgan fingerprint density at radius 3 is 2.63 bits per heavy atom. The molecule has 0 aliphatic carbocycles. The number of aryl methyl sites for hydroxylation is 2. The number of benzene rings is 2. The average Bonchev–Trinajstić information content (AvgIpc) is 2.84. The fourth-order valence-electron chi connectivity index (χ4n) is 3.86. The predicted molar refractivity (Wildman–Crippen MR) is 131 cm³/mol. The first kappa shape index (κ1) is 24.5. The molecule has 7 nitrogen and oxygen atoms in total. The van der Waals surface area contributed by atoms with Gasteiger partial charge in [0.05, 0.1) is 17.1 Å². The average molecular weight is 498 g/mol. The molecule has 0 fully saturated rings. The van der Waals surface area contributed by atoms with Crippen LogP contribution in [0.3, 0.4) is 0 Å². The number of hydrogen-bond donors (Lipinski definition) is 3. The number of fused-ring (bicyclic) bond motifs is 1. The van der Waals surface area contributed by atoms with E-state index in [1.807, 2.05) is 36.4 Å². The van der Waals surface area contributed by atoms with Crippen LogP contribution in [-0.2, 0) is 24.1 Å². The topological polar surface area (TPSA) is 101 Å². The Balaban J connectivity index is 1.30. The zero-order valence-electron chi connectivity index (χ0n) is 18.9. The first-order valence-electron chi connectivity index (χ1n) is 11.3. The molecule has 0 unspecified atom stereocenters. The highest BCUT2D eigenvalue weighted by Crippen LogP contribution is 2.25. The summed E-state index contributed by atoms with van der Waals surface area (Å²) in [6.07, 6.45) is 2.70. The molecule has 0 bridgehead atoms. The summed E-state index contributed by atoms with van der Waals surface area (Å²) in [7, 11) is 0. The number of carbonyl (C=O) groups is 2. The van der Waals surface area contributed by atoms with Gasteiger partial charge in [0.2, 0.25) is 0 Å². The van der Waals surface area contributed by atoms with Crippen LogP contribution in [0, 0.1) is 5.82 Å². The SMILES string of the molecule is O=C(N[C@@H](Cc1ccc(CCCc2ccc3c(n2)NCCO3)cc1)C(=O)O)c1ccc(F)cc1Cl. The third-order valence-corrected chi connectivity index (χ3v) is 6.02. The van der Waals surface area contributed by atoms with Crippen molar-refractivity contribution in [1.82, 2.24) is 10.3 Å². The molecule has 1 aliphatic heterocycles. The number of rotatable bonds is 9. The van der Waals surface area contributed by atoms with E-state index in [0.29, 0.717) is 6.61 Å². The van der Waals surface area contributed by atoms with Crippen LogP contribution in [-0.4, -0.2) is 41.2 Å². The Morgan fingerprint density at radius 1 is 1.11 bits per heavy atom. The molecular weight excluding hydrogens is 473 g/mol. The van der Waals surface area contributed by atoms with Gasteiger partial charge in [0.25, 0.3) is 5.91 Å². The largest absolute Gasteiger partial charge is 0.488 e. The number of nitrogens with one attached hydrogen (secondary N) is 2. The molecule has 182 valence electrons. The van der Waals surface area contributed by atoms with Gasteiger partial charge in [-0.1, -0.05) is 35.9 Å². The summed E-state index contributed by atoms with van der Waals surface area (Å²) in [5.41, 5.74) is 2.92. The summed E-state index contributed by atoms with van der Waals surface area (Å²) in [5.74, 6) is -0.839. The van der Waals surface area contributed by atoms with E-state index in [0.717, 1.165) is 66.3 Å². The highest BCUT2D eigenvalue weighted by atomic mass is 35.5. The second kappa shape index (κ2) is 11.2. The third-order valence-electron chi connectivity index (χ3n) is 5.71. The van der Waals surface area contributed by atoms with Gasteiger partial charge < -0.3 is 20.5 Å². The number of nitrogens with zero attached hydrogens (tertiary/aromatic N) is 1. The number of aliphatic carboxylic acids is 1. The second-order valence-electron chi connectivity index (χ2n) is 8.29. The second-order valence-corrected chi connectivity index (χ2v) is 8.69. The maximum Gasteiger partial charge on any atom is 0.326 e. The van der Waals surface area contributed by atoms with Crippen LogP contribution in [0.2, 0.25) is 5.02 Å². The first-order valence-corrected chi connectivity index (χ1v) is 11.7. The number of hydrogen-bond acceptors (Lipinski definition) is 5. The molecule has 35 heavy (non-hydrogen) atoms. The zero-order valence-corrected chi connectivity index (χ0v) is 19.6. The summed E-state index contributed by atoms with van der Waals surface area (Å²) in [6, 6.07) is 13.8. The number of ether oxygens (including phenoxy) is 1. The molecule has 0 radical (unpaired) electrons. The van der Waals surface area contributed by atoms with Crippen molar-refractivity contribution in [3.05, 3.63) is 87.8 Å². The molecule has 2 aromatic carbocycles. The van der Waals surface area contributed by atoms with Gasteiger partial charge >= 0.3 is 5.97 Å². The monoisotopic (exact) mass is 497 g/mol. The van der Waals surface area contributed by atoms with Gasteiger partial charge in [-0.3, -0.25) is 4.79 Å². The molecule has 0 saturated carbocycles. The van der Waals surface area contributed by atoms with Crippen molar-refractivity contribution >= 4 is 29.3 Å². The van der Waals surface area contributed by atoms with Gasteiger partial charge in [0, 0.05) is 12.1 Å². The number of aromatic nitrogens is 1. The van der Waals surface area contributed by atoms with Gasteiger partial charge in [0.1, 0.15) is 18.5 Å². The molecule has 2 heterocycles. The van der Waals surface area contributed by atoms with Crippen LogP contribution in [0.15, 0.2) is 54.6 Å². The van der Waals surface area contributed by atoms with Crippen molar-refractivity contribution in [2.75, 3.05) is 18.5 Å². The molecule has 1 aromatic heterocycles. The number of amides is 1. The van der Waals surface area contributed by atoms with Crippen molar-refractivity contribution in [1.29, 1.82) is 0 Å². The number of carbonyl (C=O) groups excluding carboxylic acids is 1. The van der Waals surface area contributed by atoms with E-state index in [1.165, 1.54) is 6.07 Å². The lowest BCUT2D eigenvalue weighted by Gasteiger charge is -2.18. The highest BCUT2D eigenvalue weighted by Gasteiger charge is 2.22. The van der Waals surface area contributed by atoms with Crippen LogP contribution in [0.5, 0.6) is 5.75 Å². The fourth-order valence-corrected chi connectivity index (χ4v) is 4.11. The summed E-state index contributed by atoms with van der Waals surface area (Å²) < 4.78 is 18.8. The minimum absolute atomic E-state index is 0.0198. The zero-order chi connectivity index (χ0) is 24.8. The lowest BCUT2D eigenvalue weighted by atomic mass is 10.0. The van der Waals surface area contributed by atoms with Crippen LogP contribution in [0.4, 0.5) is 10.2 Å². The third kappa shape index (κ3) is 6.48. The Kier molecular flexibility index (Phi) is 7.82. The molecule has 9 heteroatoms. The number of pyridine rings is 1. The van der Waals surface area contributed by atoms with Crippen LogP contribution in [0.1, 0.15) is 33.6 Å². The van der Waals surface area contributed by atoms with Crippen molar-refractivity contribution in [2.45, 2.75) is 31.7 Å². The first-order chi connectivity index (χ1) is 16.9. The molecule has 1 aliphatic rings. The van der Waals surface area contributed by atoms with E-state index in [-0.39, 0.29) is 17.0 Å². The molecular formula is C26H25ClFN3O4. The smallest absolute Gasteiger partial charge is 0.326 e. The Labute approximate surface area is 207 Å². The number of carboxylic acids is 1. The minimum atomic E-state index is -1.17. The predicted octanol–water partition coefficient (Wildman–Crippen LogP) is 4.28. The summed E-state index contributed by atoms with van der Waals surface area (Å²) >= 11 is 5.92. The van der Waals surface area contributed by atoms with Gasteiger partial charge in [-0.2, -0.15) is 0 Å². The molecule has 0 saturated heterocycles. The lowest BCUT2D eigenvalue weighted by molar-refractivity contribution is -0.139. The maximum absolute atomic E-state index is 13.2. The number of halogens is 2. The van der Waals surface area contributed by atoms with E-state index in [4.69, 9.17) is 16.3 Å².